The minimum Gasteiger partial charge on any atom is -0.330 e. The van der Waals surface area contributed by atoms with Gasteiger partial charge in [0.05, 0.1) is 0 Å². The number of hydrogen-bond donors (Lipinski definition) is 1. The quantitative estimate of drug-likeness (QED) is 0.736. The lowest BCUT2D eigenvalue weighted by Crippen LogP contribution is -2.12. The number of fused-ring (bicyclic) bond motifs is 1. The van der Waals surface area contributed by atoms with Crippen LogP contribution in [0.15, 0.2) is 24.5 Å². The van der Waals surface area contributed by atoms with Crippen molar-refractivity contribution in [1.82, 2.24) is 14.6 Å². The number of nitrogens with two attached hydrogens (primary N) is 1. The highest BCUT2D eigenvalue weighted by Gasteiger charge is 2.07. The zero-order chi connectivity index (χ0) is 9.26. The van der Waals surface area contributed by atoms with Crippen LogP contribution in [0.3, 0.4) is 0 Å². The van der Waals surface area contributed by atoms with E-state index >= 15 is 0 Å². The van der Waals surface area contributed by atoms with Crippen molar-refractivity contribution in [2.45, 2.75) is 12.8 Å². The van der Waals surface area contributed by atoms with Gasteiger partial charge in [0.2, 0.25) is 0 Å². The zero-order valence-electron chi connectivity index (χ0n) is 7.51. The van der Waals surface area contributed by atoms with Gasteiger partial charge in [-0.1, -0.05) is 13.0 Å². The first-order valence-electron chi connectivity index (χ1n) is 4.31. The van der Waals surface area contributed by atoms with Crippen LogP contribution < -0.4 is 5.73 Å². The largest absolute Gasteiger partial charge is 0.330 e. The van der Waals surface area contributed by atoms with E-state index in [9.17, 15) is 0 Å². The highest BCUT2D eigenvalue weighted by Crippen LogP contribution is 2.13. The molecule has 13 heavy (non-hydrogen) atoms. The first-order chi connectivity index (χ1) is 6.33. The molecular weight excluding hydrogens is 164 g/mol. The Bertz CT molecular complexity index is 407. The van der Waals surface area contributed by atoms with Gasteiger partial charge in [-0.25, -0.2) is 9.50 Å². The molecule has 2 aromatic heterocycles. The van der Waals surface area contributed by atoms with Crippen molar-refractivity contribution in [2.24, 2.45) is 5.73 Å². The van der Waals surface area contributed by atoms with Crippen molar-refractivity contribution < 1.29 is 0 Å². The van der Waals surface area contributed by atoms with Crippen LogP contribution in [0.4, 0.5) is 0 Å². The maximum atomic E-state index is 5.60. The SMILES string of the molecule is CC(CN)c1cccc2ncnn12. The third-order valence-corrected chi connectivity index (χ3v) is 2.19. The molecule has 4 heteroatoms. The molecule has 2 heterocycles. The standard InChI is InChI=1S/C9H12N4/c1-7(5-10)8-3-2-4-9-11-6-12-13(8)9/h2-4,6-7H,5,10H2,1H3. The van der Waals surface area contributed by atoms with Crippen molar-refractivity contribution in [2.75, 3.05) is 6.54 Å². The first-order valence-corrected chi connectivity index (χ1v) is 4.31. The molecule has 2 N–H and O–H groups in total. The van der Waals surface area contributed by atoms with Crippen molar-refractivity contribution in [3.8, 4) is 0 Å². The van der Waals surface area contributed by atoms with Crippen molar-refractivity contribution in [3.63, 3.8) is 0 Å². The Morgan fingerprint density at radius 2 is 2.38 bits per heavy atom. The predicted octanol–water partition coefficient (Wildman–Crippen LogP) is 0.792. The average Bonchev–Trinajstić information content (AvgIpc) is 2.63. The zero-order valence-corrected chi connectivity index (χ0v) is 7.51. The van der Waals surface area contributed by atoms with Gasteiger partial charge < -0.3 is 5.73 Å². The minimum absolute atomic E-state index is 0.311. The second-order valence-electron chi connectivity index (χ2n) is 3.12. The Morgan fingerprint density at radius 1 is 1.54 bits per heavy atom. The molecule has 0 saturated carbocycles. The summed E-state index contributed by atoms with van der Waals surface area (Å²) < 4.78 is 1.83. The molecule has 2 aromatic rings. The fourth-order valence-electron chi connectivity index (χ4n) is 1.36. The summed E-state index contributed by atoms with van der Waals surface area (Å²) in [6.45, 7) is 2.70. The molecule has 68 valence electrons. The van der Waals surface area contributed by atoms with Crippen molar-refractivity contribution in [1.29, 1.82) is 0 Å². The summed E-state index contributed by atoms with van der Waals surface area (Å²) in [4.78, 5) is 4.11. The van der Waals surface area contributed by atoms with E-state index in [4.69, 9.17) is 5.73 Å². The van der Waals surface area contributed by atoms with Crippen molar-refractivity contribution in [3.05, 3.63) is 30.2 Å². The van der Waals surface area contributed by atoms with Gasteiger partial charge in [0.1, 0.15) is 6.33 Å². The fraction of sp³-hybridized carbons (Fsp3) is 0.333. The molecule has 0 fully saturated rings. The minimum atomic E-state index is 0.311. The molecule has 0 aromatic carbocycles. The number of hydrogen-bond acceptors (Lipinski definition) is 3. The van der Waals surface area contributed by atoms with Crippen LogP contribution in [-0.4, -0.2) is 21.1 Å². The molecule has 0 aliphatic rings. The predicted molar refractivity (Wildman–Crippen MR) is 50.5 cm³/mol. The maximum Gasteiger partial charge on any atom is 0.155 e. The van der Waals surface area contributed by atoms with Gasteiger partial charge in [0.15, 0.2) is 5.65 Å². The second kappa shape index (κ2) is 3.14. The summed E-state index contributed by atoms with van der Waals surface area (Å²) >= 11 is 0. The Balaban J connectivity index is 2.60. The Kier molecular flexibility index (Phi) is 1.98. The number of pyridine rings is 1. The molecule has 1 atom stereocenters. The Morgan fingerprint density at radius 3 is 3.15 bits per heavy atom. The molecule has 1 unspecified atom stereocenters. The van der Waals surface area contributed by atoms with Crippen LogP contribution in [0.5, 0.6) is 0 Å². The van der Waals surface area contributed by atoms with Crippen LogP contribution in [0.1, 0.15) is 18.5 Å². The van der Waals surface area contributed by atoms with Crippen molar-refractivity contribution >= 4 is 5.65 Å². The molecule has 4 nitrogen and oxygen atoms in total. The third-order valence-electron chi connectivity index (χ3n) is 2.19. The average molecular weight is 176 g/mol. The highest BCUT2D eigenvalue weighted by molar-refractivity contribution is 5.38. The van der Waals surface area contributed by atoms with Gasteiger partial charge in [-0.05, 0) is 12.1 Å². The van der Waals surface area contributed by atoms with E-state index < -0.39 is 0 Å². The molecule has 0 aliphatic heterocycles. The lowest BCUT2D eigenvalue weighted by Gasteiger charge is -2.09. The Hall–Kier alpha value is -1.42. The highest BCUT2D eigenvalue weighted by atomic mass is 15.3. The van der Waals surface area contributed by atoms with Crippen LogP contribution in [0, 0.1) is 0 Å². The molecule has 0 aliphatic carbocycles. The van der Waals surface area contributed by atoms with Crippen LogP contribution in [0.25, 0.3) is 5.65 Å². The van der Waals surface area contributed by atoms with E-state index in [1.54, 1.807) is 6.33 Å². The summed E-state index contributed by atoms with van der Waals surface area (Å²) in [6, 6.07) is 5.93. The summed E-state index contributed by atoms with van der Waals surface area (Å²) in [5.74, 6) is 0.311. The van der Waals surface area contributed by atoms with E-state index in [1.165, 1.54) is 0 Å². The molecule has 0 amide bonds. The molecule has 0 spiro atoms. The molecular formula is C9H12N4. The van der Waals surface area contributed by atoms with Crippen LogP contribution in [-0.2, 0) is 0 Å². The lowest BCUT2D eigenvalue weighted by molar-refractivity contribution is 0.705. The summed E-state index contributed by atoms with van der Waals surface area (Å²) in [5.41, 5.74) is 7.58. The smallest absolute Gasteiger partial charge is 0.155 e. The summed E-state index contributed by atoms with van der Waals surface area (Å²) in [7, 11) is 0. The lowest BCUT2D eigenvalue weighted by atomic mass is 10.1. The van der Waals surface area contributed by atoms with E-state index in [1.807, 2.05) is 22.7 Å². The van der Waals surface area contributed by atoms with Gasteiger partial charge in [-0.15, -0.1) is 0 Å². The summed E-state index contributed by atoms with van der Waals surface area (Å²) in [6.07, 6.45) is 1.56. The van der Waals surface area contributed by atoms with Gasteiger partial charge in [-0.3, -0.25) is 0 Å². The summed E-state index contributed by atoms with van der Waals surface area (Å²) in [5, 5.41) is 4.14. The molecule has 2 rings (SSSR count). The van der Waals surface area contributed by atoms with E-state index in [0.29, 0.717) is 12.5 Å². The first kappa shape index (κ1) is 8.19. The molecule has 0 saturated heterocycles. The second-order valence-corrected chi connectivity index (χ2v) is 3.12. The van der Waals surface area contributed by atoms with Gasteiger partial charge in [0.25, 0.3) is 0 Å². The van der Waals surface area contributed by atoms with Gasteiger partial charge in [-0.2, -0.15) is 5.10 Å². The topological polar surface area (TPSA) is 56.2 Å². The number of rotatable bonds is 2. The third kappa shape index (κ3) is 1.29. The van der Waals surface area contributed by atoms with Crippen LogP contribution in [0.2, 0.25) is 0 Å². The number of aromatic nitrogens is 3. The van der Waals surface area contributed by atoms with Gasteiger partial charge >= 0.3 is 0 Å². The van der Waals surface area contributed by atoms with E-state index in [0.717, 1.165) is 11.3 Å². The monoisotopic (exact) mass is 176 g/mol. The number of nitrogens with zero attached hydrogens (tertiary/aromatic N) is 3. The normalized spacial score (nSPS) is 13.4. The molecule has 0 bridgehead atoms. The van der Waals surface area contributed by atoms with E-state index in [-0.39, 0.29) is 0 Å². The Labute approximate surface area is 76.4 Å². The maximum absolute atomic E-state index is 5.60. The van der Waals surface area contributed by atoms with Gasteiger partial charge in [0, 0.05) is 18.2 Å². The van der Waals surface area contributed by atoms with Crippen LogP contribution >= 0.6 is 0 Å². The fourth-order valence-corrected chi connectivity index (χ4v) is 1.36. The molecule has 0 radical (unpaired) electrons. The van der Waals surface area contributed by atoms with E-state index in [2.05, 4.69) is 17.0 Å².